The van der Waals surface area contributed by atoms with Crippen LogP contribution in [0, 0.1) is 0 Å². The summed E-state index contributed by atoms with van der Waals surface area (Å²) in [6, 6.07) is 4.76. The van der Waals surface area contributed by atoms with Crippen LogP contribution >= 0.6 is 0 Å². The van der Waals surface area contributed by atoms with Gasteiger partial charge in [0.25, 0.3) is 0 Å². The molecule has 1 aromatic heterocycles. The number of hydrogen-bond acceptors (Lipinski definition) is 2. The third kappa shape index (κ3) is 0.812. The Hall–Kier alpha value is -1.71. The monoisotopic (exact) mass is 164 g/mol. The number of phenols is 1. The van der Waals surface area contributed by atoms with Crippen LogP contribution in [-0.2, 0) is 7.05 Å². The molecule has 0 radical (unpaired) electrons. The SMILES string of the molecule is Cn1c(=O)[nH]c2ccc(O)cc21. The van der Waals surface area contributed by atoms with E-state index >= 15 is 0 Å². The lowest BCUT2D eigenvalue weighted by atomic mass is 10.3. The minimum Gasteiger partial charge on any atom is -0.508 e. The highest BCUT2D eigenvalue weighted by atomic mass is 16.3. The molecule has 0 unspecified atom stereocenters. The maximum Gasteiger partial charge on any atom is 0.326 e. The summed E-state index contributed by atoms with van der Waals surface area (Å²) >= 11 is 0. The molecular formula is C8H8N2O2. The Morgan fingerprint density at radius 2 is 2.25 bits per heavy atom. The fraction of sp³-hybridized carbons (Fsp3) is 0.125. The number of phenolic OH excluding ortho intramolecular Hbond substituents is 1. The van der Waals surface area contributed by atoms with Crippen molar-refractivity contribution in [2.75, 3.05) is 0 Å². The number of aromatic hydroxyl groups is 1. The number of nitrogens with zero attached hydrogens (tertiary/aromatic N) is 1. The molecule has 0 fully saturated rings. The van der Waals surface area contributed by atoms with Crippen molar-refractivity contribution < 1.29 is 5.11 Å². The van der Waals surface area contributed by atoms with E-state index in [1.165, 1.54) is 10.6 Å². The van der Waals surface area contributed by atoms with Crippen LogP contribution < -0.4 is 5.69 Å². The molecule has 4 heteroatoms. The number of fused-ring (bicyclic) bond motifs is 1. The summed E-state index contributed by atoms with van der Waals surface area (Å²) in [6.45, 7) is 0. The Labute approximate surface area is 68.1 Å². The number of benzene rings is 1. The number of rotatable bonds is 0. The molecule has 1 heterocycles. The largest absolute Gasteiger partial charge is 0.508 e. The molecule has 0 bridgehead atoms. The van der Waals surface area contributed by atoms with E-state index in [1.54, 1.807) is 19.2 Å². The van der Waals surface area contributed by atoms with Gasteiger partial charge in [0.2, 0.25) is 0 Å². The third-order valence-electron chi connectivity index (χ3n) is 1.89. The molecular weight excluding hydrogens is 156 g/mol. The second-order valence-electron chi connectivity index (χ2n) is 2.69. The van der Waals surface area contributed by atoms with E-state index in [-0.39, 0.29) is 11.4 Å². The highest BCUT2D eigenvalue weighted by Gasteiger charge is 2.02. The number of imidazole rings is 1. The second-order valence-corrected chi connectivity index (χ2v) is 2.69. The lowest BCUT2D eigenvalue weighted by Gasteiger charge is -1.93. The summed E-state index contributed by atoms with van der Waals surface area (Å²) in [4.78, 5) is 13.7. The standard InChI is InChI=1S/C8H8N2O2/c1-10-7-4-5(11)2-3-6(7)9-8(10)12/h2-4,11H,1H3,(H,9,12). The summed E-state index contributed by atoms with van der Waals surface area (Å²) in [7, 11) is 1.65. The molecule has 0 saturated carbocycles. The van der Waals surface area contributed by atoms with Crippen molar-refractivity contribution in [1.82, 2.24) is 9.55 Å². The maximum absolute atomic E-state index is 11.1. The minimum absolute atomic E-state index is 0.164. The molecule has 0 aliphatic heterocycles. The molecule has 4 nitrogen and oxygen atoms in total. The molecule has 0 saturated heterocycles. The molecule has 12 heavy (non-hydrogen) atoms. The first kappa shape index (κ1) is 6.97. The molecule has 0 amide bonds. The van der Waals surface area contributed by atoms with Gasteiger partial charge in [-0.2, -0.15) is 0 Å². The molecule has 0 spiro atoms. The summed E-state index contributed by atoms with van der Waals surface area (Å²) in [5.41, 5.74) is 1.27. The second kappa shape index (κ2) is 2.14. The van der Waals surface area contributed by atoms with Gasteiger partial charge in [0, 0.05) is 13.1 Å². The van der Waals surface area contributed by atoms with Crippen LogP contribution in [0.2, 0.25) is 0 Å². The van der Waals surface area contributed by atoms with Crippen molar-refractivity contribution in [3.63, 3.8) is 0 Å². The van der Waals surface area contributed by atoms with E-state index in [4.69, 9.17) is 5.11 Å². The zero-order valence-corrected chi connectivity index (χ0v) is 6.53. The van der Waals surface area contributed by atoms with E-state index in [0.717, 1.165) is 5.52 Å². The van der Waals surface area contributed by atoms with Crippen LogP contribution in [-0.4, -0.2) is 14.7 Å². The highest BCUT2D eigenvalue weighted by molar-refractivity contribution is 5.76. The van der Waals surface area contributed by atoms with Crippen molar-refractivity contribution in [3.8, 4) is 5.75 Å². The van der Waals surface area contributed by atoms with Crippen molar-refractivity contribution in [2.45, 2.75) is 0 Å². The first-order valence-corrected chi connectivity index (χ1v) is 3.56. The molecule has 1 aromatic carbocycles. The quantitative estimate of drug-likeness (QED) is 0.598. The van der Waals surface area contributed by atoms with Crippen molar-refractivity contribution in [1.29, 1.82) is 0 Å². The topological polar surface area (TPSA) is 58.0 Å². The summed E-state index contributed by atoms with van der Waals surface area (Å²) < 4.78 is 1.45. The van der Waals surface area contributed by atoms with Crippen LogP contribution in [0.4, 0.5) is 0 Å². The fourth-order valence-electron chi connectivity index (χ4n) is 1.21. The summed E-state index contributed by atoms with van der Waals surface area (Å²) in [6.07, 6.45) is 0. The van der Waals surface area contributed by atoms with E-state index in [0.29, 0.717) is 5.52 Å². The molecule has 0 atom stereocenters. The maximum atomic E-state index is 11.1. The number of aromatic amines is 1. The van der Waals surface area contributed by atoms with E-state index in [9.17, 15) is 4.79 Å². The normalized spacial score (nSPS) is 10.8. The van der Waals surface area contributed by atoms with Crippen LogP contribution in [0.15, 0.2) is 23.0 Å². The van der Waals surface area contributed by atoms with Gasteiger partial charge in [-0.25, -0.2) is 4.79 Å². The number of hydrogen-bond donors (Lipinski definition) is 2. The van der Waals surface area contributed by atoms with Crippen LogP contribution in [0.25, 0.3) is 11.0 Å². The minimum atomic E-state index is -0.171. The van der Waals surface area contributed by atoms with Gasteiger partial charge in [0.15, 0.2) is 0 Å². The molecule has 62 valence electrons. The molecule has 0 aliphatic rings. The average molecular weight is 164 g/mol. The predicted molar refractivity (Wildman–Crippen MR) is 45.2 cm³/mol. The first-order chi connectivity index (χ1) is 5.68. The third-order valence-corrected chi connectivity index (χ3v) is 1.89. The molecule has 2 rings (SSSR count). The van der Waals surface area contributed by atoms with E-state index < -0.39 is 0 Å². The summed E-state index contributed by atoms with van der Waals surface area (Å²) in [5.74, 6) is 0.164. The van der Waals surface area contributed by atoms with Gasteiger partial charge in [0.05, 0.1) is 11.0 Å². The fourth-order valence-corrected chi connectivity index (χ4v) is 1.21. The number of aromatic nitrogens is 2. The number of nitrogens with one attached hydrogen (secondary N) is 1. The van der Waals surface area contributed by atoms with Crippen molar-refractivity contribution >= 4 is 11.0 Å². The Morgan fingerprint density at radius 3 is 3.00 bits per heavy atom. The average Bonchev–Trinajstić information content (AvgIpc) is 2.31. The van der Waals surface area contributed by atoms with Crippen molar-refractivity contribution in [3.05, 3.63) is 28.7 Å². The van der Waals surface area contributed by atoms with E-state index in [1.807, 2.05) is 0 Å². The van der Waals surface area contributed by atoms with Crippen molar-refractivity contribution in [2.24, 2.45) is 7.05 Å². The first-order valence-electron chi connectivity index (χ1n) is 3.56. The smallest absolute Gasteiger partial charge is 0.326 e. The molecule has 0 aliphatic carbocycles. The Balaban J connectivity index is 2.98. The van der Waals surface area contributed by atoms with Gasteiger partial charge in [-0.3, -0.25) is 4.57 Å². The Kier molecular flexibility index (Phi) is 1.24. The van der Waals surface area contributed by atoms with Crippen LogP contribution in [0.3, 0.4) is 0 Å². The summed E-state index contributed by atoms with van der Waals surface area (Å²) in [5, 5.41) is 9.13. The highest BCUT2D eigenvalue weighted by Crippen LogP contribution is 2.15. The van der Waals surface area contributed by atoms with Gasteiger partial charge >= 0.3 is 5.69 Å². The molecule has 2 N–H and O–H groups in total. The van der Waals surface area contributed by atoms with Gasteiger partial charge in [-0.1, -0.05) is 0 Å². The van der Waals surface area contributed by atoms with Gasteiger partial charge < -0.3 is 10.1 Å². The Bertz CT molecular complexity index is 481. The zero-order chi connectivity index (χ0) is 8.72. The van der Waals surface area contributed by atoms with E-state index in [2.05, 4.69) is 4.98 Å². The van der Waals surface area contributed by atoms with Gasteiger partial charge in [0.1, 0.15) is 5.75 Å². The number of aryl methyl sites for hydroxylation is 1. The van der Waals surface area contributed by atoms with Crippen LogP contribution in [0.1, 0.15) is 0 Å². The Morgan fingerprint density at radius 1 is 1.50 bits per heavy atom. The predicted octanol–water partition coefficient (Wildman–Crippen LogP) is 0.572. The van der Waals surface area contributed by atoms with Crippen LogP contribution in [0.5, 0.6) is 5.75 Å². The van der Waals surface area contributed by atoms with Gasteiger partial charge in [-0.15, -0.1) is 0 Å². The lowest BCUT2D eigenvalue weighted by molar-refractivity contribution is 0.476. The lowest BCUT2D eigenvalue weighted by Crippen LogP contribution is -2.11. The number of H-pyrrole nitrogens is 1. The molecule has 2 aromatic rings. The zero-order valence-electron chi connectivity index (χ0n) is 6.53. The van der Waals surface area contributed by atoms with Gasteiger partial charge in [-0.05, 0) is 12.1 Å².